The number of aromatic nitrogens is 4. The Kier molecular flexibility index (Phi) is 5.73. The first-order valence-corrected chi connectivity index (χ1v) is 11.2. The number of nitrogens with one attached hydrogen (secondary N) is 2. The second-order valence-corrected chi connectivity index (χ2v) is 8.57. The molecule has 1 unspecified atom stereocenters. The van der Waals surface area contributed by atoms with Gasteiger partial charge in [-0.15, -0.1) is 0 Å². The van der Waals surface area contributed by atoms with Crippen molar-refractivity contribution in [2.75, 3.05) is 49.5 Å². The SMILES string of the molecule is O=C1CC(=Cc2cnn3c(N4CCC(F)C4)nc(NCCCN4CCCC4)nc23)C(=O)N1. The first-order valence-electron chi connectivity index (χ1n) is 11.2. The summed E-state index contributed by atoms with van der Waals surface area (Å²) < 4.78 is 15.5. The van der Waals surface area contributed by atoms with E-state index in [2.05, 4.69) is 30.6 Å². The number of imide groups is 1. The standard InChI is InChI=1S/C21H27FN8O2/c22-16-4-9-29(13-16)21-27-20(23-5-3-8-28-6-1-2-7-28)26-18-15(12-24-30(18)21)10-14-11-17(31)25-19(14)32/h10,12,16H,1-9,11,13H2,(H,23,26)(H,25,31,32). The lowest BCUT2D eigenvalue weighted by molar-refractivity contribution is -0.124. The number of hydrogen-bond acceptors (Lipinski definition) is 8. The fraction of sp³-hybridized carbons (Fsp3) is 0.571. The van der Waals surface area contributed by atoms with Crippen molar-refractivity contribution in [1.29, 1.82) is 0 Å². The number of amides is 2. The predicted octanol–water partition coefficient (Wildman–Crippen LogP) is 1.00. The first kappa shape index (κ1) is 20.8. The van der Waals surface area contributed by atoms with E-state index >= 15 is 0 Å². The maximum atomic E-state index is 13.9. The van der Waals surface area contributed by atoms with Crippen LogP contribution in [0.15, 0.2) is 11.8 Å². The van der Waals surface area contributed by atoms with E-state index < -0.39 is 12.1 Å². The molecule has 5 rings (SSSR count). The van der Waals surface area contributed by atoms with Crippen LogP contribution < -0.4 is 15.5 Å². The molecule has 3 aliphatic heterocycles. The highest BCUT2D eigenvalue weighted by atomic mass is 19.1. The molecule has 170 valence electrons. The van der Waals surface area contributed by atoms with Crippen LogP contribution in [0.3, 0.4) is 0 Å². The van der Waals surface area contributed by atoms with Gasteiger partial charge in [-0.05, 0) is 51.4 Å². The Morgan fingerprint density at radius 1 is 1.22 bits per heavy atom. The highest BCUT2D eigenvalue weighted by Crippen LogP contribution is 2.25. The normalized spacial score (nSPS) is 23.1. The Bertz CT molecular complexity index is 1060. The van der Waals surface area contributed by atoms with Gasteiger partial charge in [-0.1, -0.05) is 0 Å². The van der Waals surface area contributed by atoms with Crippen LogP contribution in [0.1, 0.15) is 37.7 Å². The van der Waals surface area contributed by atoms with Crippen LogP contribution in [0.5, 0.6) is 0 Å². The molecule has 2 aromatic heterocycles. The predicted molar refractivity (Wildman–Crippen MR) is 117 cm³/mol. The summed E-state index contributed by atoms with van der Waals surface area (Å²) in [4.78, 5) is 37.1. The summed E-state index contributed by atoms with van der Waals surface area (Å²) in [6.07, 6.45) is 6.32. The van der Waals surface area contributed by atoms with Gasteiger partial charge in [-0.3, -0.25) is 14.9 Å². The van der Waals surface area contributed by atoms with Gasteiger partial charge in [0.1, 0.15) is 6.17 Å². The molecule has 0 spiro atoms. The molecule has 3 fully saturated rings. The summed E-state index contributed by atoms with van der Waals surface area (Å²) in [5, 5.41) is 9.98. The minimum absolute atomic E-state index is 0.0331. The Balaban J connectivity index is 1.41. The van der Waals surface area contributed by atoms with Gasteiger partial charge in [0, 0.05) is 24.2 Å². The molecule has 2 aromatic rings. The molecule has 0 radical (unpaired) electrons. The van der Waals surface area contributed by atoms with Gasteiger partial charge in [0.15, 0.2) is 5.65 Å². The molecule has 1 atom stereocenters. The van der Waals surface area contributed by atoms with Gasteiger partial charge in [0.25, 0.3) is 5.91 Å². The first-order chi connectivity index (χ1) is 15.6. The van der Waals surface area contributed by atoms with E-state index in [1.54, 1.807) is 16.8 Å². The zero-order valence-electron chi connectivity index (χ0n) is 17.9. The van der Waals surface area contributed by atoms with Crippen LogP contribution in [-0.2, 0) is 9.59 Å². The average molecular weight is 442 g/mol. The highest BCUT2D eigenvalue weighted by Gasteiger charge is 2.28. The Morgan fingerprint density at radius 3 is 2.78 bits per heavy atom. The van der Waals surface area contributed by atoms with Gasteiger partial charge in [0.05, 0.1) is 19.2 Å². The number of alkyl halides is 1. The summed E-state index contributed by atoms with van der Waals surface area (Å²) in [7, 11) is 0. The maximum absolute atomic E-state index is 13.9. The Morgan fingerprint density at radius 2 is 2.06 bits per heavy atom. The number of fused-ring (bicyclic) bond motifs is 1. The largest absolute Gasteiger partial charge is 0.354 e. The quantitative estimate of drug-likeness (QED) is 0.372. The third kappa shape index (κ3) is 4.29. The van der Waals surface area contributed by atoms with Gasteiger partial charge < -0.3 is 15.1 Å². The molecule has 0 saturated carbocycles. The van der Waals surface area contributed by atoms with E-state index in [1.165, 1.54) is 12.8 Å². The van der Waals surface area contributed by atoms with Crippen molar-refractivity contribution in [2.24, 2.45) is 0 Å². The molecular formula is C21H27FN8O2. The van der Waals surface area contributed by atoms with Crippen molar-refractivity contribution in [3.05, 3.63) is 17.3 Å². The molecule has 5 heterocycles. The van der Waals surface area contributed by atoms with Crippen LogP contribution in [0, 0.1) is 0 Å². The summed E-state index contributed by atoms with van der Waals surface area (Å²) in [6, 6.07) is 0. The van der Waals surface area contributed by atoms with Crippen LogP contribution >= 0.6 is 0 Å². The summed E-state index contributed by atoms with van der Waals surface area (Å²) in [5.41, 5.74) is 1.50. The topological polar surface area (TPSA) is 108 Å². The second-order valence-electron chi connectivity index (χ2n) is 8.57. The lowest BCUT2D eigenvalue weighted by Crippen LogP contribution is -2.26. The lowest BCUT2D eigenvalue weighted by Gasteiger charge is -2.18. The minimum atomic E-state index is -0.901. The molecule has 2 N–H and O–H groups in total. The van der Waals surface area contributed by atoms with E-state index in [9.17, 15) is 14.0 Å². The lowest BCUT2D eigenvalue weighted by atomic mass is 10.1. The Hall–Kier alpha value is -3.08. The van der Waals surface area contributed by atoms with Crippen molar-refractivity contribution in [1.82, 2.24) is 29.8 Å². The number of carbonyl (C=O) groups is 2. The molecule has 0 aromatic carbocycles. The van der Waals surface area contributed by atoms with Crippen molar-refractivity contribution in [2.45, 2.75) is 38.3 Å². The van der Waals surface area contributed by atoms with Gasteiger partial charge in [0.2, 0.25) is 17.8 Å². The molecular weight excluding hydrogens is 415 g/mol. The summed E-state index contributed by atoms with van der Waals surface area (Å²) >= 11 is 0. The molecule has 32 heavy (non-hydrogen) atoms. The van der Waals surface area contributed by atoms with E-state index in [0.29, 0.717) is 41.6 Å². The number of likely N-dealkylation sites (tertiary alicyclic amines) is 1. The third-order valence-electron chi connectivity index (χ3n) is 6.15. The molecule has 2 amide bonds. The average Bonchev–Trinajstić information content (AvgIpc) is 3.55. The summed E-state index contributed by atoms with van der Waals surface area (Å²) in [6.45, 7) is 4.89. The van der Waals surface area contributed by atoms with Crippen molar-refractivity contribution in [3.8, 4) is 0 Å². The van der Waals surface area contributed by atoms with E-state index in [1.807, 2.05) is 4.90 Å². The van der Waals surface area contributed by atoms with Crippen molar-refractivity contribution >= 4 is 35.4 Å². The van der Waals surface area contributed by atoms with E-state index in [4.69, 9.17) is 0 Å². The fourth-order valence-corrected chi connectivity index (χ4v) is 4.48. The van der Waals surface area contributed by atoms with Crippen LogP contribution in [-0.4, -0.2) is 81.7 Å². The van der Waals surface area contributed by atoms with E-state index in [0.717, 1.165) is 32.6 Å². The van der Waals surface area contributed by atoms with Gasteiger partial charge >= 0.3 is 0 Å². The number of hydrogen-bond donors (Lipinski definition) is 2. The van der Waals surface area contributed by atoms with Crippen LogP contribution in [0.25, 0.3) is 11.7 Å². The van der Waals surface area contributed by atoms with Crippen molar-refractivity contribution < 1.29 is 14.0 Å². The number of rotatable bonds is 7. The second kappa shape index (κ2) is 8.81. The smallest absolute Gasteiger partial charge is 0.254 e. The monoisotopic (exact) mass is 442 g/mol. The third-order valence-corrected chi connectivity index (χ3v) is 6.15. The van der Waals surface area contributed by atoms with E-state index in [-0.39, 0.29) is 18.9 Å². The molecule has 0 bridgehead atoms. The molecule has 3 aliphatic rings. The zero-order valence-corrected chi connectivity index (χ0v) is 17.9. The number of carbonyl (C=O) groups excluding carboxylic acids is 2. The fourth-order valence-electron chi connectivity index (χ4n) is 4.48. The number of halogens is 1. The zero-order chi connectivity index (χ0) is 22.1. The van der Waals surface area contributed by atoms with Crippen LogP contribution in [0.4, 0.5) is 16.3 Å². The molecule has 10 nitrogen and oxygen atoms in total. The molecule has 11 heteroatoms. The van der Waals surface area contributed by atoms with Crippen molar-refractivity contribution in [3.63, 3.8) is 0 Å². The van der Waals surface area contributed by atoms with Gasteiger partial charge in [-0.2, -0.15) is 19.6 Å². The minimum Gasteiger partial charge on any atom is -0.354 e. The maximum Gasteiger partial charge on any atom is 0.254 e. The Labute approximate surface area is 184 Å². The number of nitrogens with zero attached hydrogens (tertiary/aromatic N) is 6. The number of anilines is 2. The summed E-state index contributed by atoms with van der Waals surface area (Å²) in [5.74, 6) is 0.250. The van der Waals surface area contributed by atoms with Gasteiger partial charge in [-0.25, -0.2) is 4.39 Å². The molecule has 0 aliphatic carbocycles. The van der Waals surface area contributed by atoms with Crippen LogP contribution in [0.2, 0.25) is 0 Å². The highest BCUT2D eigenvalue weighted by molar-refractivity contribution is 6.15. The molecule has 3 saturated heterocycles.